The maximum absolute atomic E-state index is 10.6. The van der Waals surface area contributed by atoms with Gasteiger partial charge < -0.3 is 0 Å². The molecule has 4 heteroatoms. The molecular weight excluding hydrogens is 139 g/mol. The highest BCUT2D eigenvalue weighted by Crippen LogP contribution is 2.37. The van der Waals surface area contributed by atoms with Gasteiger partial charge in [-0.1, -0.05) is 0 Å². The fraction of sp³-hybridized carbons (Fsp3) is 1.00. The van der Waals surface area contributed by atoms with E-state index in [1.165, 1.54) is 0 Å². The third kappa shape index (κ3) is 2.01. The Bertz CT molecular complexity index is 132. The quantitative estimate of drug-likeness (QED) is 0.493. The highest BCUT2D eigenvalue weighted by atomic mass is 31.1. The third-order valence-electron chi connectivity index (χ3n) is 1.22. The standard InChI is InChI=1S/C5H10O3P/c1-5(2)3-4-7-9(6)8-5/h3-4H2,1-2H3/q+1. The monoisotopic (exact) mass is 149 g/mol. The first-order valence-electron chi connectivity index (χ1n) is 2.89. The van der Waals surface area contributed by atoms with Crippen LogP contribution in [0.15, 0.2) is 0 Å². The van der Waals surface area contributed by atoms with Gasteiger partial charge >= 0.3 is 8.25 Å². The predicted octanol–water partition coefficient (Wildman–Crippen LogP) is 1.86. The van der Waals surface area contributed by atoms with E-state index in [1.54, 1.807) is 0 Å². The smallest absolute Gasteiger partial charge is 0.119 e. The molecular formula is C5H10O3P+. The van der Waals surface area contributed by atoms with E-state index in [0.717, 1.165) is 6.42 Å². The minimum Gasteiger partial charge on any atom is -0.119 e. The van der Waals surface area contributed by atoms with Crippen molar-refractivity contribution in [3.05, 3.63) is 0 Å². The van der Waals surface area contributed by atoms with Crippen LogP contribution in [0.1, 0.15) is 20.3 Å². The summed E-state index contributed by atoms with van der Waals surface area (Å²) in [4.78, 5) is 0. The lowest BCUT2D eigenvalue weighted by molar-refractivity contribution is 0.0317. The summed E-state index contributed by atoms with van der Waals surface area (Å²) >= 11 is 0. The topological polar surface area (TPSA) is 35.5 Å². The second kappa shape index (κ2) is 2.33. The first-order chi connectivity index (χ1) is 4.10. The van der Waals surface area contributed by atoms with Gasteiger partial charge in [-0.05, 0) is 13.8 Å². The Morgan fingerprint density at radius 3 is 2.56 bits per heavy atom. The van der Waals surface area contributed by atoms with Gasteiger partial charge in [-0.15, -0.1) is 9.05 Å². The van der Waals surface area contributed by atoms with Gasteiger partial charge in [0.15, 0.2) is 0 Å². The lowest BCUT2D eigenvalue weighted by atomic mass is 10.1. The van der Waals surface area contributed by atoms with Crippen molar-refractivity contribution in [1.29, 1.82) is 0 Å². The van der Waals surface area contributed by atoms with Crippen LogP contribution in [0, 0.1) is 0 Å². The van der Waals surface area contributed by atoms with Gasteiger partial charge in [0.25, 0.3) is 0 Å². The van der Waals surface area contributed by atoms with Gasteiger partial charge in [0.2, 0.25) is 0 Å². The van der Waals surface area contributed by atoms with E-state index in [9.17, 15) is 4.57 Å². The fourth-order valence-electron chi connectivity index (χ4n) is 0.640. The average Bonchev–Trinajstić information content (AvgIpc) is 1.60. The van der Waals surface area contributed by atoms with E-state index in [1.807, 2.05) is 13.8 Å². The van der Waals surface area contributed by atoms with Crippen molar-refractivity contribution in [2.75, 3.05) is 6.61 Å². The van der Waals surface area contributed by atoms with Gasteiger partial charge in [0, 0.05) is 11.0 Å². The summed E-state index contributed by atoms with van der Waals surface area (Å²) in [6.45, 7) is 4.35. The Hall–Kier alpha value is 0.0200. The summed E-state index contributed by atoms with van der Waals surface area (Å²) in [7, 11) is -1.83. The molecule has 1 fully saturated rings. The Morgan fingerprint density at radius 1 is 1.56 bits per heavy atom. The zero-order valence-corrected chi connectivity index (χ0v) is 6.48. The zero-order valence-electron chi connectivity index (χ0n) is 5.59. The minimum atomic E-state index is -1.83. The highest BCUT2D eigenvalue weighted by Gasteiger charge is 2.38. The molecule has 0 saturated carbocycles. The molecule has 0 N–H and O–H groups in total. The van der Waals surface area contributed by atoms with Crippen LogP contribution >= 0.6 is 8.25 Å². The summed E-state index contributed by atoms with van der Waals surface area (Å²) < 4.78 is 20.2. The molecule has 1 unspecified atom stereocenters. The molecule has 52 valence electrons. The van der Waals surface area contributed by atoms with E-state index in [2.05, 4.69) is 0 Å². The first-order valence-corrected chi connectivity index (χ1v) is 3.99. The Balaban J connectivity index is 2.51. The van der Waals surface area contributed by atoms with Crippen LogP contribution in [0.3, 0.4) is 0 Å². The third-order valence-corrected chi connectivity index (χ3v) is 2.26. The van der Waals surface area contributed by atoms with E-state index in [4.69, 9.17) is 9.05 Å². The van der Waals surface area contributed by atoms with Crippen molar-refractivity contribution in [2.45, 2.75) is 25.9 Å². The molecule has 0 amide bonds. The maximum Gasteiger partial charge on any atom is 0.697 e. The molecule has 9 heavy (non-hydrogen) atoms. The largest absolute Gasteiger partial charge is 0.697 e. The molecule has 0 aromatic heterocycles. The summed E-state index contributed by atoms with van der Waals surface area (Å²) in [5.41, 5.74) is -0.258. The van der Waals surface area contributed by atoms with E-state index in [-0.39, 0.29) is 5.60 Å². The van der Waals surface area contributed by atoms with Crippen molar-refractivity contribution in [3.8, 4) is 0 Å². The summed E-state index contributed by atoms with van der Waals surface area (Å²) in [6.07, 6.45) is 0.814. The van der Waals surface area contributed by atoms with Crippen LogP contribution < -0.4 is 0 Å². The van der Waals surface area contributed by atoms with Crippen molar-refractivity contribution >= 4 is 8.25 Å². The molecule has 1 heterocycles. The van der Waals surface area contributed by atoms with Crippen LogP contribution in [0.5, 0.6) is 0 Å². The normalized spacial score (nSPS) is 30.2. The van der Waals surface area contributed by atoms with E-state index in [0.29, 0.717) is 6.61 Å². The van der Waals surface area contributed by atoms with Crippen molar-refractivity contribution in [1.82, 2.24) is 0 Å². The van der Waals surface area contributed by atoms with E-state index < -0.39 is 8.25 Å². The molecule has 0 radical (unpaired) electrons. The van der Waals surface area contributed by atoms with Crippen molar-refractivity contribution in [2.24, 2.45) is 0 Å². The van der Waals surface area contributed by atoms with Crippen LogP contribution in [0.25, 0.3) is 0 Å². The maximum atomic E-state index is 10.6. The molecule has 0 aromatic rings. The van der Waals surface area contributed by atoms with Gasteiger partial charge in [0.05, 0.1) is 0 Å². The molecule has 1 saturated heterocycles. The Kier molecular flexibility index (Phi) is 1.85. The predicted molar refractivity (Wildman–Crippen MR) is 33.3 cm³/mol. The molecule has 0 bridgehead atoms. The molecule has 1 aliphatic heterocycles. The minimum absolute atomic E-state index is 0.258. The Labute approximate surface area is 55.3 Å². The van der Waals surface area contributed by atoms with Gasteiger partial charge in [0.1, 0.15) is 12.2 Å². The highest BCUT2D eigenvalue weighted by molar-refractivity contribution is 7.33. The average molecular weight is 149 g/mol. The van der Waals surface area contributed by atoms with Crippen LogP contribution in [-0.4, -0.2) is 12.2 Å². The summed E-state index contributed by atoms with van der Waals surface area (Å²) in [5, 5.41) is 0. The molecule has 1 atom stereocenters. The van der Waals surface area contributed by atoms with Crippen molar-refractivity contribution < 1.29 is 13.6 Å². The lowest BCUT2D eigenvalue weighted by Crippen LogP contribution is -2.26. The molecule has 0 spiro atoms. The van der Waals surface area contributed by atoms with E-state index >= 15 is 0 Å². The van der Waals surface area contributed by atoms with Crippen molar-refractivity contribution in [3.63, 3.8) is 0 Å². The summed E-state index contributed by atoms with van der Waals surface area (Å²) in [6, 6.07) is 0. The van der Waals surface area contributed by atoms with Crippen LogP contribution in [-0.2, 0) is 13.6 Å². The fourth-order valence-corrected chi connectivity index (χ4v) is 1.43. The molecule has 0 aliphatic carbocycles. The second-order valence-corrected chi connectivity index (χ2v) is 3.55. The molecule has 1 aliphatic rings. The zero-order chi connectivity index (χ0) is 6.91. The molecule has 0 aromatic carbocycles. The SMILES string of the molecule is CC1(C)CCO[P+](=O)O1. The second-order valence-electron chi connectivity index (χ2n) is 2.66. The lowest BCUT2D eigenvalue weighted by Gasteiger charge is -2.18. The van der Waals surface area contributed by atoms with Crippen LogP contribution in [0.4, 0.5) is 0 Å². The number of hydrogen-bond donors (Lipinski definition) is 0. The van der Waals surface area contributed by atoms with Gasteiger partial charge in [-0.25, -0.2) is 0 Å². The van der Waals surface area contributed by atoms with Gasteiger partial charge in [-0.3, -0.25) is 0 Å². The molecule has 1 rings (SSSR count). The number of hydrogen-bond acceptors (Lipinski definition) is 3. The van der Waals surface area contributed by atoms with Crippen LogP contribution in [0.2, 0.25) is 0 Å². The Morgan fingerprint density at radius 2 is 2.22 bits per heavy atom. The summed E-state index contributed by atoms with van der Waals surface area (Å²) in [5.74, 6) is 0. The van der Waals surface area contributed by atoms with Gasteiger partial charge in [-0.2, -0.15) is 0 Å². The first kappa shape index (κ1) is 7.13. The number of rotatable bonds is 0. The molecule has 3 nitrogen and oxygen atoms in total.